The minimum Gasteiger partial charge on any atom is -0.495 e. The van der Waals surface area contributed by atoms with Crippen LogP contribution >= 0.6 is 0 Å². The Hall–Kier alpha value is -4.08. The number of carboxylic acid groups (broad SMARTS) is 1. The summed E-state index contributed by atoms with van der Waals surface area (Å²) in [6, 6.07) is 10.3. The van der Waals surface area contributed by atoms with E-state index in [-0.39, 0.29) is 33.8 Å². The molecule has 0 aliphatic carbocycles. The molecule has 2 aromatic carbocycles. The molecule has 1 atom stereocenters. The molecule has 2 N–H and O–H groups in total. The predicted molar refractivity (Wildman–Crippen MR) is 116 cm³/mol. The van der Waals surface area contributed by atoms with Gasteiger partial charge in [0.05, 0.1) is 30.2 Å². The Morgan fingerprint density at radius 2 is 1.82 bits per heavy atom. The Balaban J connectivity index is 1.95. The second kappa shape index (κ2) is 10.2. The number of aromatic carboxylic acids is 1. The van der Waals surface area contributed by atoms with Crippen LogP contribution < -0.4 is 13.8 Å². The Morgan fingerprint density at radius 3 is 2.47 bits per heavy atom. The van der Waals surface area contributed by atoms with E-state index in [1.54, 1.807) is 0 Å². The third kappa shape index (κ3) is 6.25. The molecule has 0 spiro atoms. The first-order valence-electron chi connectivity index (χ1n) is 9.22. The standard InChI is InChI=1S/C22H15F3N2O6S/c1-32-20-11-16(21(28)29)7-8-19(20)27(34(30)31)17-9-15(12-26-13-17)6-5-14-3-2-4-18(10-14)33-22(23,24)25/h2-4,7-13H,1H3,(H,28,29)(H,30,31). The van der Waals surface area contributed by atoms with Crippen LogP contribution in [0.3, 0.4) is 0 Å². The van der Waals surface area contributed by atoms with Crippen molar-refractivity contribution >= 4 is 28.6 Å². The fraction of sp³-hybridized carbons (Fsp3) is 0.0909. The molecule has 0 saturated carbocycles. The number of carbonyl (C=O) groups is 1. The SMILES string of the molecule is COc1cc(C(=O)O)ccc1N(c1cncc(C#Cc2cccc(OC(F)(F)F)c2)c1)S(=O)O. The zero-order valence-corrected chi connectivity index (χ0v) is 18.1. The van der Waals surface area contributed by atoms with Crippen molar-refractivity contribution < 1.29 is 41.3 Å². The highest BCUT2D eigenvalue weighted by molar-refractivity contribution is 7.81. The van der Waals surface area contributed by atoms with E-state index in [9.17, 15) is 26.7 Å². The van der Waals surface area contributed by atoms with E-state index in [0.29, 0.717) is 0 Å². The molecule has 34 heavy (non-hydrogen) atoms. The first-order chi connectivity index (χ1) is 16.1. The Kier molecular flexibility index (Phi) is 7.40. The summed E-state index contributed by atoms with van der Waals surface area (Å²) < 4.78 is 69.2. The number of carboxylic acids is 1. The highest BCUT2D eigenvalue weighted by Crippen LogP contribution is 2.35. The number of pyridine rings is 1. The molecule has 12 heteroatoms. The normalized spacial score (nSPS) is 11.7. The number of rotatable bonds is 6. The maximum atomic E-state index is 12.4. The number of methoxy groups -OCH3 is 1. The summed E-state index contributed by atoms with van der Waals surface area (Å²) in [4.78, 5) is 15.2. The molecule has 3 rings (SSSR count). The van der Waals surface area contributed by atoms with E-state index in [2.05, 4.69) is 21.6 Å². The van der Waals surface area contributed by atoms with Gasteiger partial charge in [-0.3, -0.25) is 9.54 Å². The van der Waals surface area contributed by atoms with Crippen LogP contribution in [0.5, 0.6) is 11.5 Å². The highest BCUT2D eigenvalue weighted by atomic mass is 32.2. The monoisotopic (exact) mass is 492 g/mol. The molecule has 3 aromatic rings. The summed E-state index contributed by atoms with van der Waals surface area (Å²) in [7, 11) is 1.28. The summed E-state index contributed by atoms with van der Waals surface area (Å²) >= 11 is -2.60. The lowest BCUT2D eigenvalue weighted by Gasteiger charge is -2.22. The molecular weight excluding hydrogens is 477 g/mol. The third-order valence-electron chi connectivity index (χ3n) is 4.18. The molecule has 0 aliphatic heterocycles. The number of nitrogens with zero attached hydrogens (tertiary/aromatic N) is 2. The van der Waals surface area contributed by atoms with Gasteiger partial charge < -0.3 is 14.6 Å². The van der Waals surface area contributed by atoms with Gasteiger partial charge >= 0.3 is 12.3 Å². The first kappa shape index (κ1) is 24.6. The van der Waals surface area contributed by atoms with Crippen LogP contribution in [0.1, 0.15) is 21.5 Å². The second-order valence-corrected chi connectivity index (χ2v) is 7.30. The molecular formula is C22H15F3N2O6S. The van der Waals surface area contributed by atoms with Gasteiger partial charge in [0.15, 0.2) is 0 Å². The molecule has 0 aliphatic rings. The summed E-state index contributed by atoms with van der Waals surface area (Å²) in [6.07, 6.45) is -2.20. The zero-order chi connectivity index (χ0) is 24.9. The molecule has 1 heterocycles. The number of hydrogen-bond donors (Lipinski definition) is 2. The van der Waals surface area contributed by atoms with Crippen molar-refractivity contribution in [2.24, 2.45) is 0 Å². The van der Waals surface area contributed by atoms with Crippen molar-refractivity contribution in [1.29, 1.82) is 0 Å². The van der Waals surface area contributed by atoms with E-state index in [4.69, 9.17) is 9.84 Å². The summed E-state index contributed by atoms with van der Waals surface area (Å²) in [5.41, 5.74) is 0.663. The molecule has 0 saturated heterocycles. The largest absolute Gasteiger partial charge is 0.573 e. The zero-order valence-electron chi connectivity index (χ0n) is 17.2. The van der Waals surface area contributed by atoms with Crippen LogP contribution in [0.2, 0.25) is 0 Å². The fourth-order valence-electron chi connectivity index (χ4n) is 2.81. The molecule has 0 radical (unpaired) electrons. The van der Waals surface area contributed by atoms with E-state index < -0.39 is 29.3 Å². The first-order valence-corrected chi connectivity index (χ1v) is 10.3. The molecule has 0 amide bonds. The average Bonchev–Trinajstić information content (AvgIpc) is 2.77. The molecule has 176 valence electrons. The lowest BCUT2D eigenvalue weighted by atomic mass is 10.1. The minimum atomic E-state index is -4.84. The molecule has 8 nitrogen and oxygen atoms in total. The summed E-state index contributed by atoms with van der Waals surface area (Å²) in [5.74, 6) is 3.80. The summed E-state index contributed by atoms with van der Waals surface area (Å²) in [6.45, 7) is 0. The predicted octanol–water partition coefficient (Wildman–Crippen LogP) is 4.36. The number of ether oxygens (including phenoxy) is 2. The number of alkyl halides is 3. The van der Waals surface area contributed by atoms with Gasteiger partial charge in [0.2, 0.25) is 0 Å². The van der Waals surface area contributed by atoms with Crippen molar-refractivity contribution in [1.82, 2.24) is 4.98 Å². The quantitative estimate of drug-likeness (QED) is 0.389. The van der Waals surface area contributed by atoms with Gasteiger partial charge in [-0.1, -0.05) is 17.9 Å². The van der Waals surface area contributed by atoms with Crippen LogP contribution in [-0.2, 0) is 11.3 Å². The highest BCUT2D eigenvalue weighted by Gasteiger charge is 2.31. The molecule has 1 aromatic heterocycles. The molecule has 1 unspecified atom stereocenters. The Labute approximate surface area is 194 Å². The lowest BCUT2D eigenvalue weighted by molar-refractivity contribution is -0.274. The van der Waals surface area contributed by atoms with Crippen LogP contribution in [-0.4, -0.2) is 38.3 Å². The molecule has 0 fully saturated rings. The van der Waals surface area contributed by atoms with Crippen LogP contribution in [0.15, 0.2) is 60.9 Å². The van der Waals surface area contributed by atoms with Crippen molar-refractivity contribution in [3.05, 3.63) is 77.6 Å². The fourth-order valence-corrected chi connectivity index (χ4v) is 3.41. The van der Waals surface area contributed by atoms with E-state index in [0.717, 1.165) is 16.4 Å². The van der Waals surface area contributed by atoms with E-state index >= 15 is 0 Å². The van der Waals surface area contributed by atoms with Gasteiger partial charge in [0.1, 0.15) is 11.5 Å². The second-order valence-electron chi connectivity index (χ2n) is 6.47. The van der Waals surface area contributed by atoms with Crippen molar-refractivity contribution in [2.45, 2.75) is 6.36 Å². The van der Waals surface area contributed by atoms with Gasteiger partial charge in [-0.05, 0) is 42.5 Å². The number of aromatic nitrogens is 1. The maximum absolute atomic E-state index is 12.4. The topological polar surface area (TPSA) is 109 Å². The van der Waals surface area contributed by atoms with Gasteiger partial charge in [0, 0.05) is 17.3 Å². The van der Waals surface area contributed by atoms with Crippen LogP contribution in [0.4, 0.5) is 24.5 Å². The van der Waals surface area contributed by atoms with E-state index in [1.807, 2.05) is 0 Å². The maximum Gasteiger partial charge on any atom is 0.573 e. The van der Waals surface area contributed by atoms with Gasteiger partial charge in [-0.25, -0.2) is 13.3 Å². The number of hydrogen-bond acceptors (Lipinski definition) is 5. The van der Waals surface area contributed by atoms with Gasteiger partial charge in [-0.2, -0.15) is 0 Å². The number of benzene rings is 2. The third-order valence-corrected chi connectivity index (χ3v) is 4.90. The van der Waals surface area contributed by atoms with E-state index in [1.165, 1.54) is 55.9 Å². The smallest absolute Gasteiger partial charge is 0.495 e. The average molecular weight is 492 g/mol. The lowest BCUT2D eigenvalue weighted by Crippen LogP contribution is -2.20. The Morgan fingerprint density at radius 1 is 1.09 bits per heavy atom. The van der Waals surface area contributed by atoms with Crippen molar-refractivity contribution in [2.75, 3.05) is 11.4 Å². The van der Waals surface area contributed by atoms with Crippen LogP contribution in [0.25, 0.3) is 0 Å². The van der Waals surface area contributed by atoms with Crippen LogP contribution in [0, 0.1) is 11.8 Å². The Bertz CT molecular complexity index is 1300. The molecule has 0 bridgehead atoms. The minimum absolute atomic E-state index is 0.0280. The van der Waals surface area contributed by atoms with Gasteiger partial charge in [-0.15, -0.1) is 13.2 Å². The van der Waals surface area contributed by atoms with Crippen molar-refractivity contribution in [3.8, 4) is 23.3 Å². The number of anilines is 2. The number of halogens is 3. The van der Waals surface area contributed by atoms with Crippen molar-refractivity contribution in [3.63, 3.8) is 0 Å². The summed E-state index contributed by atoms with van der Waals surface area (Å²) in [5, 5.41) is 9.16. The van der Waals surface area contributed by atoms with Gasteiger partial charge in [0.25, 0.3) is 11.3 Å².